The van der Waals surface area contributed by atoms with Crippen LogP contribution in [0.5, 0.6) is 0 Å². The Labute approximate surface area is 484 Å². The quantitative estimate of drug-likeness (QED) is 0.0261. The molecule has 6 heteroatoms. The number of carbonyl (C=O) groups is 3. The van der Waals surface area contributed by atoms with Crippen molar-refractivity contribution < 1.29 is 28.6 Å². The van der Waals surface area contributed by atoms with Crippen LogP contribution >= 0.6 is 0 Å². The summed E-state index contributed by atoms with van der Waals surface area (Å²) in [6.45, 7) is 6.52. The minimum absolute atomic E-state index is 0.0747. The Morgan fingerprint density at radius 2 is 0.500 bits per heavy atom. The minimum atomic E-state index is -0.777. The molecule has 0 aromatic rings. The van der Waals surface area contributed by atoms with Crippen molar-refractivity contribution in [1.29, 1.82) is 0 Å². The first-order valence-electron chi connectivity index (χ1n) is 33.9. The lowest BCUT2D eigenvalue weighted by atomic mass is 10.0. The molecule has 0 aromatic carbocycles. The fourth-order valence-corrected chi connectivity index (χ4v) is 9.88. The zero-order valence-corrected chi connectivity index (χ0v) is 51.9. The van der Waals surface area contributed by atoms with Crippen LogP contribution in [0.25, 0.3) is 0 Å². The summed E-state index contributed by atoms with van der Waals surface area (Å²) in [6.07, 6.45) is 86.6. The van der Waals surface area contributed by atoms with Gasteiger partial charge in [-0.15, -0.1) is 0 Å². The van der Waals surface area contributed by atoms with Gasteiger partial charge in [0.05, 0.1) is 0 Å². The normalized spacial score (nSPS) is 12.5. The first-order valence-corrected chi connectivity index (χ1v) is 33.9. The number of allylic oxidation sites excluding steroid dienone is 12. The topological polar surface area (TPSA) is 78.9 Å². The second kappa shape index (κ2) is 66.4. The SMILES string of the molecule is CC/C=C\C/C=C\C/C=C\C/C=C\CCCCCCCCCCC(=O)OC(COC(=O)CCCCCCCCCC)COC(=O)CCCCCCCCCCCCCCCCCCCCC/C=C\C/C=C\CCCCCCC. The molecule has 0 aliphatic carbocycles. The molecule has 0 aromatic heterocycles. The van der Waals surface area contributed by atoms with E-state index in [1.54, 1.807) is 0 Å². The molecule has 0 amide bonds. The highest BCUT2D eigenvalue weighted by atomic mass is 16.6. The van der Waals surface area contributed by atoms with Crippen molar-refractivity contribution in [2.24, 2.45) is 0 Å². The monoisotopic (exact) mass is 1090 g/mol. The third kappa shape index (κ3) is 63.7. The molecule has 0 heterocycles. The molecule has 0 bridgehead atoms. The lowest BCUT2D eigenvalue weighted by Gasteiger charge is -2.18. The third-order valence-electron chi connectivity index (χ3n) is 14.9. The second-order valence-corrected chi connectivity index (χ2v) is 22.7. The predicted molar refractivity (Wildman–Crippen MR) is 339 cm³/mol. The Bertz CT molecular complexity index is 1440. The summed E-state index contributed by atoms with van der Waals surface area (Å²) in [7, 11) is 0. The molecule has 0 saturated heterocycles. The maximum atomic E-state index is 12.9. The summed E-state index contributed by atoms with van der Waals surface area (Å²) in [5, 5.41) is 0. The smallest absolute Gasteiger partial charge is 0.306 e. The van der Waals surface area contributed by atoms with Crippen molar-refractivity contribution in [3.63, 3.8) is 0 Å². The molecule has 0 saturated carbocycles. The van der Waals surface area contributed by atoms with E-state index in [1.165, 1.54) is 212 Å². The van der Waals surface area contributed by atoms with Crippen LogP contribution in [0.4, 0.5) is 0 Å². The van der Waals surface area contributed by atoms with Crippen molar-refractivity contribution in [2.75, 3.05) is 13.2 Å². The lowest BCUT2D eigenvalue weighted by Crippen LogP contribution is -2.30. The van der Waals surface area contributed by atoms with Crippen molar-refractivity contribution in [3.05, 3.63) is 72.9 Å². The molecule has 0 spiro atoms. The van der Waals surface area contributed by atoms with E-state index < -0.39 is 6.10 Å². The molecule has 0 N–H and O–H groups in total. The van der Waals surface area contributed by atoms with E-state index in [4.69, 9.17) is 14.2 Å². The lowest BCUT2D eigenvalue weighted by molar-refractivity contribution is -0.167. The van der Waals surface area contributed by atoms with Gasteiger partial charge >= 0.3 is 17.9 Å². The average Bonchev–Trinajstić information content (AvgIpc) is 3.44. The van der Waals surface area contributed by atoms with Gasteiger partial charge in [0, 0.05) is 19.3 Å². The van der Waals surface area contributed by atoms with Crippen LogP contribution in [-0.2, 0) is 28.6 Å². The molecule has 1 atom stereocenters. The van der Waals surface area contributed by atoms with E-state index in [2.05, 4.69) is 93.7 Å². The van der Waals surface area contributed by atoms with Crippen LogP contribution in [0.1, 0.15) is 348 Å². The van der Waals surface area contributed by atoms with Crippen molar-refractivity contribution in [2.45, 2.75) is 354 Å². The first-order chi connectivity index (χ1) is 38.5. The predicted octanol–water partition coefficient (Wildman–Crippen LogP) is 23.3. The molecular formula is C72H128O6. The van der Waals surface area contributed by atoms with Crippen molar-refractivity contribution in [3.8, 4) is 0 Å². The van der Waals surface area contributed by atoms with Crippen LogP contribution < -0.4 is 0 Å². The molecule has 1 unspecified atom stereocenters. The highest BCUT2D eigenvalue weighted by Gasteiger charge is 2.19. The number of hydrogen-bond acceptors (Lipinski definition) is 6. The molecule has 0 radical (unpaired) electrons. The summed E-state index contributed by atoms with van der Waals surface area (Å²) in [5.74, 6) is -0.870. The second-order valence-electron chi connectivity index (χ2n) is 22.7. The van der Waals surface area contributed by atoms with Gasteiger partial charge in [0.15, 0.2) is 6.10 Å². The third-order valence-corrected chi connectivity index (χ3v) is 14.9. The van der Waals surface area contributed by atoms with Gasteiger partial charge < -0.3 is 14.2 Å². The summed E-state index contributed by atoms with van der Waals surface area (Å²) < 4.78 is 16.9. The Hall–Kier alpha value is -3.15. The summed E-state index contributed by atoms with van der Waals surface area (Å²) in [5.41, 5.74) is 0. The first kappa shape index (κ1) is 74.8. The average molecular weight is 1090 g/mol. The number of esters is 3. The molecule has 0 fully saturated rings. The maximum Gasteiger partial charge on any atom is 0.306 e. The Balaban J connectivity index is 4.08. The number of rotatable bonds is 62. The minimum Gasteiger partial charge on any atom is -0.462 e. The van der Waals surface area contributed by atoms with E-state index in [1.807, 2.05) is 0 Å². The van der Waals surface area contributed by atoms with Crippen LogP contribution in [0, 0.1) is 0 Å². The van der Waals surface area contributed by atoms with Gasteiger partial charge in [-0.3, -0.25) is 14.4 Å². The number of hydrogen-bond donors (Lipinski definition) is 0. The molecule has 78 heavy (non-hydrogen) atoms. The summed E-state index contributed by atoms with van der Waals surface area (Å²) in [4.78, 5) is 38.2. The standard InChI is InChI=1S/C72H128O6/c1-4-7-10-13-16-19-21-23-25-27-29-31-32-33-34-35-36-37-38-39-40-42-43-45-47-49-51-53-56-59-62-65-71(74)77-68-69(67-76-70(73)64-61-58-55-18-15-12-9-6-3)78-72(75)66-63-60-57-54-52-50-48-46-44-41-30-28-26-24-22-20-17-14-11-8-5-2/h8,11,17,20-21,23-24,26-27,29-30,41,69H,4-7,9-10,12-16,18-19,22,25,28,31-40,42-68H2,1-3H3/b11-8-,20-17-,23-21-,26-24-,29-27-,41-30-. The van der Waals surface area contributed by atoms with Crippen molar-refractivity contribution in [1.82, 2.24) is 0 Å². The van der Waals surface area contributed by atoms with Gasteiger partial charge in [-0.1, -0.05) is 312 Å². The van der Waals surface area contributed by atoms with Crippen LogP contribution in [0.2, 0.25) is 0 Å². The van der Waals surface area contributed by atoms with E-state index in [9.17, 15) is 14.4 Å². The van der Waals surface area contributed by atoms with E-state index in [0.29, 0.717) is 19.3 Å². The van der Waals surface area contributed by atoms with Gasteiger partial charge in [-0.2, -0.15) is 0 Å². The highest BCUT2D eigenvalue weighted by molar-refractivity contribution is 5.71. The molecule has 0 aliphatic heterocycles. The molecule has 452 valence electrons. The zero-order chi connectivity index (χ0) is 56.4. The highest BCUT2D eigenvalue weighted by Crippen LogP contribution is 2.17. The maximum absolute atomic E-state index is 12.9. The van der Waals surface area contributed by atoms with Crippen LogP contribution in [0.15, 0.2) is 72.9 Å². The largest absolute Gasteiger partial charge is 0.462 e. The molecule has 6 nitrogen and oxygen atoms in total. The van der Waals surface area contributed by atoms with Crippen molar-refractivity contribution >= 4 is 17.9 Å². The number of ether oxygens (including phenoxy) is 3. The number of carbonyl (C=O) groups excluding carboxylic acids is 3. The van der Waals surface area contributed by atoms with Crippen LogP contribution in [0.3, 0.4) is 0 Å². The summed E-state index contributed by atoms with van der Waals surface area (Å²) >= 11 is 0. The molecular weight excluding hydrogens is 961 g/mol. The fourth-order valence-electron chi connectivity index (χ4n) is 9.88. The van der Waals surface area contributed by atoms with Crippen LogP contribution in [-0.4, -0.2) is 37.2 Å². The van der Waals surface area contributed by atoms with E-state index in [0.717, 1.165) is 96.3 Å². The van der Waals surface area contributed by atoms with E-state index in [-0.39, 0.29) is 31.1 Å². The Morgan fingerprint density at radius 1 is 0.269 bits per heavy atom. The van der Waals surface area contributed by atoms with Gasteiger partial charge in [0.2, 0.25) is 0 Å². The van der Waals surface area contributed by atoms with Gasteiger partial charge in [0.25, 0.3) is 0 Å². The van der Waals surface area contributed by atoms with E-state index >= 15 is 0 Å². The molecule has 0 aliphatic rings. The zero-order valence-electron chi connectivity index (χ0n) is 51.9. The molecule has 0 rings (SSSR count). The Kier molecular flexibility index (Phi) is 63.7. The fraction of sp³-hybridized carbons (Fsp3) is 0.792. The van der Waals surface area contributed by atoms with Gasteiger partial charge in [0.1, 0.15) is 13.2 Å². The van der Waals surface area contributed by atoms with Gasteiger partial charge in [-0.25, -0.2) is 0 Å². The van der Waals surface area contributed by atoms with Gasteiger partial charge in [-0.05, 0) is 89.9 Å². The Morgan fingerprint density at radius 3 is 0.782 bits per heavy atom. The number of unbranched alkanes of at least 4 members (excludes halogenated alkanes) is 39. The summed E-state index contributed by atoms with van der Waals surface area (Å²) in [6, 6.07) is 0.